The third-order valence-corrected chi connectivity index (χ3v) is 4.26. The van der Waals surface area contributed by atoms with E-state index < -0.39 is 0 Å². The molecule has 0 atom stereocenters. The van der Waals surface area contributed by atoms with Gasteiger partial charge in [-0.15, -0.1) is 0 Å². The maximum Gasteiger partial charge on any atom is 0.257 e. The van der Waals surface area contributed by atoms with Crippen LogP contribution in [0.4, 0.5) is 5.69 Å². The van der Waals surface area contributed by atoms with Gasteiger partial charge in [-0.25, -0.2) is 0 Å². The third kappa shape index (κ3) is 3.69. The predicted octanol–water partition coefficient (Wildman–Crippen LogP) is 3.46. The molecule has 4 heteroatoms. The van der Waals surface area contributed by atoms with Crippen molar-refractivity contribution in [3.63, 3.8) is 0 Å². The molecule has 0 radical (unpaired) electrons. The number of hydrogen-bond donors (Lipinski definition) is 1. The lowest BCUT2D eigenvalue weighted by atomic mass is 10.1. The van der Waals surface area contributed by atoms with Gasteiger partial charge < -0.3 is 15.4 Å². The van der Waals surface area contributed by atoms with Crippen molar-refractivity contribution in [2.24, 2.45) is 0 Å². The number of para-hydroxylation sites is 1. The predicted molar refractivity (Wildman–Crippen MR) is 85.6 cm³/mol. The van der Waals surface area contributed by atoms with Crippen molar-refractivity contribution in [3.8, 4) is 5.75 Å². The highest BCUT2D eigenvalue weighted by Gasteiger charge is 2.25. The van der Waals surface area contributed by atoms with E-state index in [1.807, 2.05) is 24.9 Å². The van der Waals surface area contributed by atoms with Crippen LogP contribution >= 0.6 is 0 Å². The molecule has 0 bridgehead atoms. The average Bonchev–Trinajstić information content (AvgIpc) is 2.77. The molecule has 1 aromatic rings. The molecule has 21 heavy (non-hydrogen) atoms. The molecule has 0 unspecified atom stereocenters. The molecule has 0 spiro atoms. The zero-order valence-electron chi connectivity index (χ0n) is 13.1. The number of carbonyl (C=O) groups excluding carboxylic acids is 1. The van der Waals surface area contributed by atoms with E-state index in [1.54, 1.807) is 12.1 Å². The summed E-state index contributed by atoms with van der Waals surface area (Å²) < 4.78 is 5.58. The number of carbonyl (C=O) groups is 1. The molecule has 0 aliphatic heterocycles. The highest BCUT2D eigenvalue weighted by atomic mass is 16.5. The second kappa shape index (κ2) is 7.34. The highest BCUT2D eigenvalue weighted by molar-refractivity contribution is 5.98. The summed E-state index contributed by atoms with van der Waals surface area (Å²) in [7, 11) is 1.90. The van der Waals surface area contributed by atoms with Crippen LogP contribution in [-0.2, 0) is 0 Å². The lowest BCUT2D eigenvalue weighted by Crippen LogP contribution is -2.37. The molecule has 0 saturated heterocycles. The second-order valence-electron chi connectivity index (χ2n) is 5.72. The molecule has 1 amide bonds. The Morgan fingerprint density at radius 3 is 2.57 bits per heavy atom. The lowest BCUT2D eigenvalue weighted by molar-refractivity contribution is 0.0713. The van der Waals surface area contributed by atoms with Gasteiger partial charge in [-0.1, -0.05) is 31.7 Å². The van der Waals surface area contributed by atoms with E-state index >= 15 is 0 Å². The van der Waals surface area contributed by atoms with Crippen LogP contribution in [0.2, 0.25) is 0 Å². The van der Waals surface area contributed by atoms with E-state index in [1.165, 1.54) is 25.7 Å². The minimum absolute atomic E-state index is 0.0117. The van der Waals surface area contributed by atoms with Gasteiger partial charge in [0.2, 0.25) is 0 Å². The standard InChI is InChI=1S/C17H26N2O2/c1-3-21-16-14(11-8-12-15(16)18)17(20)19(2)13-9-6-4-5-7-10-13/h8,11-13H,3-7,9-10,18H2,1-2H3. The summed E-state index contributed by atoms with van der Waals surface area (Å²) >= 11 is 0. The summed E-state index contributed by atoms with van der Waals surface area (Å²) in [6.07, 6.45) is 7.15. The summed E-state index contributed by atoms with van der Waals surface area (Å²) in [6.45, 7) is 2.40. The second-order valence-corrected chi connectivity index (χ2v) is 5.72. The topological polar surface area (TPSA) is 55.6 Å². The Kier molecular flexibility index (Phi) is 5.48. The first-order valence-corrected chi connectivity index (χ1v) is 7.93. The van der Waals surface area contributed by atoms with E-state index in [4.69, 9.17) is 10.5 Å². The molecule has 1 saturated carbocycles. The van der Waals surface area contributed by atoms with Crippen molar-refractivity contribution in [1.29, 1.82) is 0 Å². The minimum atomic E-state index is 0.0117. The Labute approximate surface area is 127 Å². The van der Waals surface area contributed by atoms with E-state index in [9.17, 15) is 4.79 Å². The molecule has 1 aliphatic rings. The molecule has 1 aromatic carbocycles. The summed E-state index contributed by atoms with van der Waals surface area (Å²) in [5, 5.41) is 0. The Balaban J connectivity index is 2.20. The van der Waals surface area contributed by atoms with Gasteiger partial charge in [-0.2, -0.15) is 0 Å². The lowest BCUT2D eigenvalue weighted by Gasteiger charge is -2.28. The number of hydrogen-bond acceptors (Lipinski definition) is 3. The molecule has 1 aliphatic carbocycles. The normalized spacial score (nSPS) is 16.3. The van der Waals surface area contributed by atoms with Crippen LogP contribution in [-0.4, -0.2) is 30.5 Å². The Bertz CT molecular complexity index is 480. The zero-order chi connectivity index (χ0) is 15.2. The molecule has 0 heterocycles. The Hall–Kier alpha value is -1.71. The maximum atomic E-state index is 12.8. The first-order chi connectivity index (χ1) is 10.1. The van der Waals surface area contributed by atoms with E-state index in [0.717, 1.165) is 12.8 Å². The van der Waals surface area contributed by atoms with Gasteiger partial charge >= 0.3 is 0 Å². The SMILES string of the molecule is CCOc1c(N)cccc1C(=O)N(C)C1CCCCCC1. The quantitative estimate of drug-likeness (QED) is 0.682. The molecule has 1 fully saturated rings. The first kappa shape index (κ1) is 15.7. The van der Waals surface area contributed by atoms with E-state index in [-0.39, 0.29) is 5.91 Å². The smallest absolute Gasteiger partial charge is 0.257 e. The van der Waals surface area contributed by atoms with Crippen LogP contribution in [0.5, 0.6) is 5.75 Å². The van der Waals surface area contributed by atoms with Crippen molar-refractivity contribution in [2.45, 2.75) is 51.5 Å². The van der Waals surface area contributed by atoms with Crippen LogP contribution in [0.3, 0.4) is 0 Å². The number of nitrogens with two attached hydrogens (primary N) is 1. The van der Waals surface area contributed by atoms with Gasteiger partial charge in [0.15, 0.2) is 5.75 Å². The first-order valence-electron chi connectivity index (χ1n) is 7.93. The van der Waals surface area contributed by atoms with Crippen LogP contribution in [0.25, 0.3) is 0 Å². The fraction of sp³-hybridized carbons (Fsp3) is 0.588. The largest absolute Gasteiger partial charge is 0.491 e. The molecule has 0 aromatic heterocycles. The molecular formula is C17H26N2O2. The van der Waals surface area contributed by atoms with Crippen molar-refractivity contribution in [3.05, 3.63) is 23.8 Å². The number of nitrogens with zero attached hydrogens (tertiary/aromatic N) is 1. The van der Waals surface area contributed by atoms with Gasteiger partial charge in [0.05, 0.1) is 17.9 Å². The van der Waals surface area contributed by atoms with Crippen molar-refractivity contribution < 1.29 is 9.53 Å². The van der Waals surface area contributed by atoms with Crippen molar-refractivity contribution in [2.75, 3.05) is 19.4 Å². The van der Waals surface area contributed by atoms with Gasteiger partial charge in [0.1, 0.15) is 0 Å². The number of rotatable bonds is 4. The monoisotopic (exact) mass is 290 g/mol. The van der Waals surface area contributed by atoms with Gasteiger partial charge in [0.25, 0.3) is 5.91 Å². The van der Waals surface area contributed by atoms with Crippen LogP contribution < -0.4 is 10.5 Å². The number of nitrogen functional groups attached to an aromatic ring is 1. The minimum Gasteiger partial charge on any atom is -0.491 e. The molecular weight excluding hydrogens is 264 g/mol. The van der Waals surface area contributed by atoms with E-state index in [0.29, 0.717) is 29.6 Å². The number of ether oxygens (including phenoxy) is 1. The molecule has 2 rings (SSSR count). The van der Waals surface area contributed by atoms with Crippen LogP contribution in [0, 0.1) is 0 Å². The summed E-state index contributed by atoms with van der Waals surface area (Å²) in [4.78, 5) is 14.7. The Morgan fingerprint density at radius 2 is 1.95 bits per heavy atom. The fourth-order valence-corrected chi connectivity index (χ4v) is 3.03. The maximum absolute atomic E-state index is 12.8. The molecule has 4 nitrogen and oxygen atoms in total. The number of benzene rings is 1. The number of anilines is 1. The Morgan fingerprint density at radius 1 is 1.29 bits per heavy atom. The molecule has 116 valence electrons. The van der Waals surface area contributed by atoms with Crippen LogP contribution in [0.1, 0.15) is 55.8 Å². The summed E-state index contributed by atoms with van der Waals surface area (Å²) in [5.74, 6) is 0.531. The summed E-state index contributed by atoms with van der Waals surface area (Å²) in [6, 6.07) is 5.71. The van der Waals surface area contributed by atoms with Gasteiger partial charge in [0, 0.05) is 13.1 Å². The average molecular weight is 290 g/mol. The number of amides is 1. The molecule has 2 N–H and O–H groups in total. The van der Waals surface area contributed by atoms with Crippen LogP contribution in [0.15, 0.2) is 18.2 Å². The van der Waals surface area contributed by atoms with E-state index in [2.05, 4.69) is 0 Å². The highest BCUT2D eigenvalue weighted by Crippen LogP contribution is 2.29. The van der Waals surface area contributed by atoms with Gasteiger partial charge in [-0.05, 0) is 31.9 Å². The summed E-state index contributed by atoms with van der Waals surface area (Å²) in [5.41, 5.74) is 7.05. The van der Waals surface area contributed by atoms with Gasteiger partial charge in [-0.3, -0.25) is 4.79 Å². The van der Waals surface area contributed by atoms with Crippen molar-refractivity contribution in [1.82, 2.24) is 4.90 Å². The zero-order valence-corrected chi connectivity index (χ0v) is 13.1. The van der Waals surface area contributed by atoms with Crippen molar-refractivity contribution >= 4 is 11.6 Å². The third-order valence-electron chi connectivity index (χ3n) is 4.26. The fourth-order valence-electron chi connectivity index (χ4n) is 3.03.